The smallest absolute Gasteiger partial charge is 0.408 e. The second-order valence-electron chi connectivity index (χ2n) is 5.38. The van der Waals surface area contributed by atoms with E-state index >= 15 is 0 Å². The van der Waals surface area contributed by atoms with Crippen molar-refractivity contribution in [3.8, 4) is 0 Å². The van der Waals surface area contributed by atoms with Gasteiger partial charge in [0.15, 0.2) is 5.58 Å². The highest BCUT2D eigenvalue weighted by molar-refractivity contribution is 5.77. The molecule has 1 atom stereocenters. The van der Waals surface area contributed by atoms with Gasteiger partial charge in [-0.1, -0.05) is 12.1 Å². The summed E-state index contributed by atoms with van der Waals surface area (Å²) < 4.78 is 6.70. The SMILES string of the molecule is C[C@@H]1CNCCN1C(=O)CCn1c(=O)oc2ccccc21. The van der Waals surface area contributed by atoms with Gasteiger partial charge in [0, 0.05) is 38.6 Å². The molecule has 3 rings (SSSR count). The first-order valence-corrected chi connectivity index (χ1v) is 7.25. The molecular weight excluding hydrogens is 270 g/mol. The van der Waals surface area contributed by atoms with E-state index in [-0.39, 0.29) is 11.9 Å². The molecule has 0 spiro atoms. The summed E-state index contributed by atoms with van der Waals surface area (Å²) >= 11 is 0. The third kappa shape index (κ3) is 2.71. The monoisotopic (exact) mass is 289 g/mol. The predicted molar refractivity (Wildman–Crippen MR) is 79.1 cm³/mol. The first-order valence-electron chi connectivity index (χ1n) is 7.25. The largest absolute Gasteiger partial charge is 0.419 e. The third-order valence-corrected chi connectivity index (χ3v) is 3.94. The number of oxazole rings is 1. The number of rotatable bonds is 3. The molecule has 0 bridgehead atoms. The van der Waals surface area contributed by atoms with E-state index in [1.54, 1.807) is 6.07 Å². The second kappa shape index (κ2) is 5.73. The lowest BCUT2D eigenvalue weighted by molar-refractivity contribution is -0.134. The Kier molecular flexibility index (Phi) is 3.79. The van der Waals surface area contributed by atoms with Crippen LogP contribution >= 0.6 is 0 Å². The van der Waals surface area contributed by atoms with E-state index in [0.717, 1.165) is 25.2 Å². The Morgan fingerprint density at radius 1 is 1.43 bits per heavy atom. The van der Waals surface area contributed by atoms with E-state index in [9.17, 15) is 9.59 Å². The quantitative estimate of drug-likeness (QED) is 0.908. The predicted octanol–water partition coefficient (Wildman–Crippen LogP) is 0.805. The summed E-state index contributed by atoms with van der Waals surface area (Å²) in [5.74, 6) is -0.321. The van der Waals surface area contributed by atoms with E-state index < -0.39 is 5.76 Å². The third-order valence-electron chi connectivity index (χ3n) is 3.94. The van der Waals surface area contributed by atoms with Crippen molar-refractivity contribution in [2.24, 2.45) is 0 Å². The van der Waals surface area contributed by atoms with E-state index in [0.29, 0.717) is 18.5 Å². The van der Waals surface area contributed by atoms with Crippen LogP contribution in [0.4, 0.5) is 0 Å². The van der Waals surface area contributed by atoms with Crippen LogP contribution in [0.3, 0.4) is 0 Å². The van der Waals surface area contributed by atoms with Gasteiger partial charge in [-0.05, 0) is 19.1 Å². The van der Waals surface area contributed by atoms with Crippen LogP contribution in [-0.4, -0.2) is 41.1 Å². The van der Waals surface area contributed by atoms with E-state index in [4.69, 9.17) is 4.42 Å². The summed E-state index contributed by atoms with van der Waals surface area (Å²) in [6, 6.07) is 7.46. The molecule has 0 saturated carbocycles. The highest BCUT2D eigenvalue weighted by Crippen LogP contribution is 2.13. The molecule has 112 valence electrons. The average Bonchev–Trinajstić information content (AvgIpc) is 2.81. The molecule has 1 fully saturated rings. The van der Waals surface area contributed by atoms with Crippen LogP contribution in [0.5, 0.6) is 0 Å². The number of carbonyl (C=O) groups excluding carboxylic acids is 1. The Morgan fingerprint density at radius 3 is 3.05 bits per heavy atom. The van der Waals surface area contributed by atoms with Crippen molar-refractivity contribution in [2.45, 2.75) is 25.9 Å². The molecular formula is C15H19N3O3. The zero-order valence-electron chi connectivity index (χ0n) is 12.0. The minimum atomic E-state index is -0.405. The first kappa shape index (κ1) is 13.9. The van der Waals surface area contributed by atoms with Gasteiger partial charge in [0.2, 0.25) is 5.91 Å². The van der Waals surface area contributed by atoms with Crippen LogP contribution in [0.25, 0.3) is 11.1 Å². The molecule has 0 unspecified atom stereocenters. The summed E-state index contributed by atoms with van der Waals surface area (Å²) in [6.07, 6.45) is 0.313. The highest BCUT2D eigenvalue weighted by Gasteiger charge is 2.23. The maximum atomic E-state index is 12.3. The second-order valence-corrected chi connectivity index (χ2v) is 5.38. The van der Waals surface area contributed by atoms with Crippen LogP contribution in [0.1, 0.15) is 13.3 Å². The first-order chi connectivity index (χ1) is 10.2. The van der Waals surface area contributed by atoms with Gasteiger partial charge >= 0.3 is 5.76 Å². The summed E-state index contributed by atoms with van der Waals surface area (Å²) in [5.41, 5.74) is 1.30. The summed E-state index contributed by atoms with van der Waals surface area (Å²) in [6.45, 7) is 4.75. The van der Waals surface area contributed by atoms with Crippen molar-refractivity contribution in [3.63, 3.8) is 0 Å². The maximum Gasteiger partial charge on any atom is 0.419 e. The molecule has 1 aliphatic heterocycles. The fourth-order valence-electron chi connectivity index (χ4n) is 2.79. The number of hydrogen-bond acceptors (Lipinski definition) is 4. The van der Waals surface area contributed by atoms with E-state index in [1.807, 2.05) is 30.0 Å². The zero-order chi connectivity index (χ0) is 14.8. The van der Waals surface area contributed by atoms with Crippen LogP contribution in [0, 0.1) is 0 Å². The van der Waals surface area contributed by atoms with Gasteiger partial charge in [0.25, 0.3) is 0 Å². The van der Waals surface area contributed by atoms with Crippen LogP contribution in [0.2, 0.25) is 0 Å². The van der Waals surface area contributed by atoms with Gasteiger partial charge < -0.3 is 14.6 Å². The summed E-state index contributed by atoms with van der Waals surface area (Å²) in [4.78, 5) is 26.0. The lowest BCUT2D eigenvalue weighted by Gasteiger charge is -2.34. The fourth-order valence-corrected chi connectivity index (χ4v) is 2.79. The Balaban J connectivity index is 1.73. The number of carbonyl (C=O) groups is 1. The van der Waals surface area contributed by atoms with Crippen molar-refractivity contribution in [1.82, 2.24) is 14.8 Å². The summed E-state index contributed by atoms with van der Waals surface area (Å²) in [7, 11) is 0. The molecule has 1 N–H and O–H groups in total. The van der Waals surface area contributed by atoms with Gasteiger partial charge in [0.1, 0.15) is 0 Å². The zero-order valence-corrected chi connectivity index (χ0v) is 12.0. The van der Waals surface area contributed by atoms with Crippen molar-refractivity contribution in [3.05, 3.63) is 34.8 Å². The minimum Gasteiger partial charge on any atom is -0.408 e. The number of benzene rings is 1. The summed E-state index contributed by atoms with van der Waals surface area (Å²) in [5, 5.41) is 3.26. The van der Waals surface area contributed by atoms with Crippen molar-refractivity contribution >= 4 is 17.0 Å². The molecule has 1 aromatic heterocycles. The number of nitrogens with zero attached hydrogens (tertiary/aromatic N) is 2. The number of aryl methyl sites for hydroxylation is 1. The topological polar surface area (TPSA) is 67.5 Å². The number of hydrogen-bond donors (Lipinski definition) is 1. The number of piperazine rings is 1. The number of nitrogens with one attached hydrogen (secondary N) is 1. The van der Waals surface area contributed by atoms with Crippen LogP contribution in [-0.2, 0) is 11.3 Å². The van der Waals surface area contributed by atoms with Crippen molar-refractivity contribution < 1.29 is 9.21 Å². The molecule has 1 aliphatic rings. The molecule has 6 heteroatoms. The molecule has 21 heavy (non-hydrogen) atoms. The minimum absolute atomic E-state index is 0.0844. The highest BCUT2D eigenvalue weighted by atomic mass is 16.4. The lowest BCUT2D eigenvalue weighted by atomic mass is 10.2. The molecule has 0 aliphatic carbocycles. The standard InChI is InChI=1S/C15H19N3O3/c1-11-10-16-7-9-17(11)14(19)6-8-18-12-4-2-3-5-13(12)21-15(18)20/h2-5,11,16H,6-10H2,1H3/t11-/m1/s1. The van der Waals surface area contributed by atoms with Gasteiger partial charge in [-0.15, -0.1) is 0 Å². The fraction of sp³-hybridized carbons (Fsp3) is 0.467. The molecule has 0 radical (unpaired) electrons. The maximum absolute atomic E-state index is 12.3. The Bertz CT molecular complexity index is 703. The van der Waals surface area contributed by atoms with E-state index in [1.165, 1.54) is 4.57 Å². The normalized spacial score (nSPS) is 19.1. The number of amides is 1. The van der Waals surface area contributed by atoms with Crippen molar-refractivity contribution in [2.75, 3.05) is 19.6 Å². The average molecular weight is 289 g/mol. The van der Waals surface area contributed by atoms with Gasteiger partial charge in [-0.25, -0.2) is 4.79 Å². The van der Waals surface area contributed by atoms with Crippen LogP contribution < -0.4 is 11.1 Å². The van der Waals surface area contributed by atoms with Crippen LogP contribution in [0.15, 0.2) is 33.5 Å². The molecule has 1 aromatic carbocycles. The molecule has 2 heterocycles. The Hall–Kier alpha value is -2.08. The van der Waals surface area contributed by atoms with Gasteiger partial charge in [-0.3, -0.25) is 9.36 Å². The number of fused-ring (bicyclic) bond motifs is 1. The Morgan fingerprint density at radius 2 is 2.24 bits per heavy atom. The molecule has 1 amide bonds. The molecule has 2 aromatic rings. The van der Waals surface area contributed by atoms with Gasteiger partial charge in [-0.2, -0.15) is 0 Å². The van der Waals surface area contributed by atoms with Crippen molar-refractivity contribution in [1.29, 1.82) is 0 Å². The number of aromatic nitrogens is 1. The lowest BCUT2D eigenvalue weighted by Crippen LogP contribution is -2.52. The molecule has 6 nitrogen and oxygen atoms in total. The van der Waals surface area contributed by atoms with E-state index in [2.05, 4.69) is 5.32 Å². The Labute approximate surface area is 122 Å². The number of para-hydroxylation sites is 2. The van der Waals surface area contributed by atoms with Gasteiger partial charge in [0.05, 0.1) is 5.52 Å². The molecule has 1 saturated heterocycles.